The maximum absolute atomic E-state index is 12.3. The predicted molar refractivity (Wildman–Crippen MR) is 129 cm³/mol. The van der Waals surface area contributed by atoms with Gasteiger partial charge in [-0.1, -0.05) is 65.7 Å². The third-order valence-electron chi connectivity index (χ3n) is 4.77. The van der Waals surface area contributed by atoms with E-state index in [0.29, 0.717) is 11.4 Å². The molecule has 0 bridgehead atoms. The molecule has 4 nitrogen and oxygen atoms in total. The Morgan fingerprint density at radius 2 is 1.13 bits per heavy atom. The Morgan fingerprint density at radius 1 is 0.645 bits per heavy atom. The van der Waals surface area contributed by atoms with E-state index in [0.717, 1.165) is 16.7 Å². The fourth-order valence-electron chi connectivity index (χ4n) is 2.89. The van der Waals surface area contributed by atoms with Crippen molar-refractivity contribution in [2.24, 2.45) is 0 Å². The quantitative estimate of drug-likeness (QED) is 0.496. The van der Waals surface area contributed by atoms with Crippen LogP contribution in [0.15, 0.2) is 78.9 Å². The van der Waals surface area contributed by atoms with Crippen LogP contribution in [-0.2, 0) is 9.59 Å². The first-order valence-corrected chi connectivity index (χ1v) is 10.1. The molecular weight excluding hydrogens is 384 g/mol. The lowest BCUT2D eigenvalue weighted by molar-refractivity contribution is -0.112. The van der Waals surface area contributed by atoms with E-state index in [-0.39, 0.29) is 11.8 Å². The van der Waals surface area contributed by atoms with Gasteiger partial charge in [-0.3, -0.25) is 9.59 Å². The Hall–Kier alpha value is -3.92. The molecule has 3 aromatic rings. The third-order valence-corrected chi connectivity index (χ3v) is 4.77. The summed E-state index contributed by atoms with van der Waals surface area (Å²) >= 11 is 0. The highest BCUT2D eigenvalue weighted by Gasteiger charge is 2.05. The average molecular weight is 411 g/mol. The van der Waals surface area contributed by atoms with Crippen LogP contribution in [0.2, 0.25) is 0 Å². The van der Waals surface area contributed by atoms with Crippen molar-refractivity contribution in [2.75, 3.05) is 10.6 Å². The Labute approximate surface area is 183 Å². The largest absolute Gasteiger partial charge is 0.322 e. The summed E-state index contributed by atoms with van der Waals surface area (Å²) in [5.74, 6) is -0.465. The maximum Gasteiger partial charge on any atom is 0.248 e. The Balaban J connectivity index is 1.62. The third kappa shape index (κ3) is 6.82. The number of benzene rings is 3. The molecule has 4 heteroatoms. The highest BCUT2D eigenvalue weighted by Crippen LogP contribution is 2.20. The molecule has 0 atom stereocenters. The molecule has 0 unspecified atom stereocenters. The SMILES string of the molecule is Cc1ccc(C=CC(=O)Nc2ccc(C)c(NC(=O)C=Cc3ccc(C)cc3)c2)cc1. The molecule has 3 aromatic carbocycles. The molecule has 0 saturated carbocycles. The Morgan fingerprint density at radius 3 is 1.65 bits per heavy atom. The molecule has 0 aromatic heterocycles. The van der Waals surface area contributed by atoms with Crippen molar-refractivity contribution in [3.8, 4) is 0 Å². The van der Waals surface area contributed by atoms with Crippen LogP contribution in [-0.4, -0.2) is 11.8 Å². The highest BCUT2D eigenvalue weighted by molar-refractivity contribution is 6.04. The van der Waals surface area contributed by atoms with Crippen LogP contribution in [0.4, 0.5) is 11.4 Å². The fraction of sp³-hybridized carbons (Fsp3) is 0.111. The monoisotopic (exact) mass is 410 g/mol. The summed E-state index contributed by atoms with van der Waals surface area (Å²) in [5, 5.41) is 5.71. The summed E-state index contributed by atoms with van der Waals surface area (Å²) < 4.78 is 0. The van der Waals surface area contributed by atoms with Crippen molar-refractivity contribution < 1.29 is 9.59 Å². The van der Waals surface area contributed by atoms with Gasteiger partial charge in [-0.2, -0.15) is 0 Å². The molecular formula is C27H26N2O2. The minimum Gasteiger partial charge on any atom is -0.322 e. The molecule has 0 aliphatic heterocycles. The van der Waals surface area contributed by atoms with E-state index < -0.39 is 0 Å². The lowest BCUT2D eigenvalue weighted by atomic mass is 10.1. The molecule has 0 fully saturated rings. The highest BCUT2D eigenvalue weighted by atomic mass is 16.2. The second-order valence-electron chi connectivity index (χ2n) is 7.50. The van der Waals surface area contributed by atoms with Gasteiger partial charge in [0.05, 0.1) is 0 Å². The van der Waals surface area contributed by atoms with E-state index in [1.807, 2.05) is 81.4 Å². The minimum atomic E-state index is -0.235. The zero-order valence-corrected chi connectivity index (χ0v) is 18.0. The molecule has 0 radical (unpaired) electrons. The number of carbonyl (C=O) groups is 2. The predicted octanol–water partition coefficient (Wildman–Crippen LogP) is 5.92. The van der Waals surface area contributed by atoms with E-state index in [2.05, 4.69) is 10.6 Å². The van der Waals surface area contributed by atoms with Crippen LogP contribution in [0, 0.1) is 20.8 Å². The maximum atomic E-state index is 12.3. The second-order valence-corrected chi connectivity index (χ2v) is 7.50. The van der Waals surface area contributed by atoms with Crippen LogP contribution >= 0.6 is 0 Å². The van der Waals surface area contributed by atoms with Crippen molar-refractivity contribution in [1.82, 2.24) is 0 Å². The van der Waals surface area contributed by atoms with Gasteiger partial charge in [0.15, 0.2) is 0 Å². The minimum absolute atomic E-state index is 0.230. The summed E-state index contributed by atoms with van der Waals surface area (Å²) in [6.07, 6.45) is 6.53. The van der Waals surface area contributed by atoms with Gasteiger partial charge < -0.3 is 10.6 Å². The average Bonchev–Trinajstić information content (AvgIpc) is 2.75. The van der Waals surface area contributed by atoms with E-state index in [9.17, 15) is 9.59 Å². The number of amides is 2. The normalized spacial score (nSPS) is 11.1. The second kappa shape index (κ2) is 10.2. The van der Waals surface area contributed by atoms with Crippen molar-refractivity contribution in [2.45, 2.75) is 20.8 Å². The molecule has 2 amide bonds. The number of rotatable bonds is 6. The van der Waals surface area contributed by atoms with Crippen LogP contribution in [0.1, 0.15) is 27.8 Å². The van der Waals surface area contributed by atoms with E-state index in [1.54, 1.807) is 18.2 Å². The van der Waals surface area contributed by atoms with Gasteiger partial charge in [-0.25, -0.2) is 0 Å². The van der Waals surface area contributed by atoms with Gasteiger partial charge in [0.1, 0.15) is 0 Å². The van der Waals surface area contributed by atoms with E-state index in [4.69, 9.17) is 0 Å². The van der Waals surface area contributed by atoms with Crippen molar-refractivity contribution in [3.63, 3.8) is 0 Å². The van der Waals surface area contributed by atoms with Crippen LogP contribution in [0.3, 0.4) is 0 Å². The molecule has 2 N–H and O–H groups in total. The first-order chi connectivity index (χ1) is 14.9. The lowest BCUT2D eigenvalue weighted by Gasteiger charge is -2.10. The smallest absolute Gasteiger partial charge is 0.248 e. The van der Waals surface area contributed by atoms with Gasteiger partial charge in [0.2, 0.25) is 11.8 Å². The zero-order valence-electron chi connectivity index (χ0n) is 18.0. The summed E-state index contributed by atoms with van der Waals surface area (Å²) in [6.45, 7) is 5.95. The van der Waals surface area contributed by atoms with E-state index in [1.165, 1.54) is 23.3 Å². The molecule has 0 heterocycles. The van der Waals surface area contributed by atoms with E-state index >= 15 is 0 Å². The van der Waals surface area contributed by atoms with Crippen LogP contribution < -0.4 is 10.6 Å². The van der Waals surface area contributed by atoms with Gasteiger partial charge in [0.25, 0.3) is 0 Å². The number of anilines is 2. The lowest BCUT2D eigenvalue weighted by Crippen LogP contribution is -2.11. The van der Waals surface area contributed by atoms with Gasteiger partial charge in [0, 0.05) is 23.5 Å². The topological polar surface area (TPSA) is 58.2 Å². The van der Waals surface area contributed by atoms with Crippen molar-refractivity contribution in [1.29, 1.82) is 0 Å². The number of nitrogens with one attached hydrogen (secondary N) is 2. The summed E-state index contributed by atoms with van der Waals surface area (Å²) in [7, 11) is 0. The summed E-state index contributed by atoms with van der Waals surface area (Å²) in [4.78, 5) is 24.6. The number of hydrogen-bond acceptors (Lipinski definition) is 2. The molecule has 0 aliphatic rings. The van der Waals surface area contributed by atoms with Crippen LogP contribution in [0.5, 0.6) is 0 Å². The summed E-state index contributed by atoms with van der Waals surface area (Å²) in [6, 6.07) is 21.3. The van der Waals surface area contributed by atoms with Crippen molar-refractivity contribution >= 4 is 35.3 Å². The number of carbonyl (C=O) groups excluding carboxylic acids is 2. The molecule has 0 spiro atoms. The molecule has 0 saturated heterocycles. The fourth-order valence-corrected chi connectivity index (χ4v) is 2.89. The first kappa shape index (κ1) is 21.8. The summed E-state index contributed by atoms with van der Waals surface area (Å²) in [5.41, 5.74) is 6.43. The van der Waals surface area contributed by atoms with Crippen molar-refractivity contribution in [3.05, 3.63) is 107 Å². The number of aryl methyl sites for hydroxylation is 3. The number of hydrogen-bond donors (Lipinski definition) is 2. The first-order valence-electron chi connectivity index (χ1n) is 10.1. The van der Waals surface area contributed by atoms with Gasteiger partial charge in [-0.15, -0.1) is 0 Å². The Kier molecular flexibility index (Phi) is 7.17. The zero-order chi connectivity index (χ0) is 22.2. The van der Waals surface area contributed by atoms with Gasteiger partial charge in [-0.05, 0) is 61.7 Å². The van der Waals surface area contributed by atoms with Crippen LogP contribution in [0.25, 0.3) is 12.2 Å². The van der Waals surface area contributed by atoms with Gasteiger partial charge >= 0.3 is 0 Å². The molecule has 0 aliphatic carbocycles. The molecule has 31 heavy (non-hydrogen) atoms. The standard InChI is InChI=1S/C27H26N2O2/c1-19-4-9-22(10-5-19)13-16-26(30)28-24-15-8-21(3)25(18-24)29-27(31)17-14-23-11-6-20(2)7-12-23/h4-18H,1-3H3,(H,28,30)(H,29,31). The molecule has 156 valence electrons. The molecule has 3 rings (SSSR count). The Bertz CT molecular complexity index is 1120.